The summed E-state index contributed by atoms with van der Waals surface area (Å²) in [5.74, 6) is 0.260. The van der Waals surface area contributed by atoms with E-state index in [9.17, 15) is 13.2 Å². The van der Waals surface area contributed by atoms with Crippen LogP contribution in [0.4, 0.5) is 5.69 Å². The zero-order valence-corrected chi connectivity index (χ0v) is 15.3. The van der Waals surface area contributed by atoms with Crippen LogP contribution >= 0.6 is 0 Å². The predicted molar refractivity (Wildman–Crippen MR) is 97.4 cm³/mol. The largest absolute Gasteiger partial charge is 0.484 e. The molecule has 2 aromatic rings. The first kappa shape index (κ1) is 19.0. The monoisotopic (exact) mass is 362 g/mol. The highest BCUT2D eigenvalue weighted by Crippen LogP contribution is 2.20. The molecule has 0 aliphatic carbocycles. The summed E-state index contributed by atoms with van der Waals surface area (Å²) in [5.41, 5.74) is 2.12. The molecule has 0 aliphatic rings. The standard InChI is InChI=1S/C18H22N2O4S/c1-4-14-6-5-7-16(10-14)24-12-18(21)20-15-9-8-13(2)17(11-15)25(22,23)19-3/h5-11,19H,4,12H2,1-3H3,(H,20,21). The number of ether oxygens (including phenoxy) is 1. The lowest BCUT2D eigenvalue weighted by molar-refractivity contribution is -0.118. The summed E-state index contributed by atoms with van der Waals surface area (Å²) in [5, 5.41) is 2.65. The molecular formula is C18H22N2O4S. The van der Waals surface area contributed by atoms with Gasteiger partial charge in [-0.3, -0.25) is 4.79 Å². The Morgan fingerprint density at radius 1 is 1.16 bits per heavy atom. The molecule has 0 saturated carbocycles. The second kappa shape index (κ2) is 8.13. The van der Waals surface area contributed by atoms with E-state index in [0.717, 1.165) is 12.0 Å². The summed E-state index contributed by atoms with van der Waals surface area (Å²) < 4.78 is 31.7. The van der Waals surface area contributed by atoms with Crippen LogP contribution < -0.4 is 14.8 Å². The smallest absolute Gasteiger partial charge is 0.262 e. The number of carbonyl (C=O) groups is 1. The molecule has 0 bridgehead atoms. The Morgan fingerprint density at radius 2 is 1.92 bits per heavy atom. The van der Waals surface area contributed by atoms with E-state index in [4.69, 9.17) is 4.74 Å². The van der Waals surface area contributed by atoms with Gasteiger partial charge in [-0.1, -0.05) is 25.1 Å². The maximum Gasteiger partial charge on any atom is 0.262 e. The van der Waals surface area contributed by atoms with Crippen molar-refractivity contribution in [1.82, 2.24) is 4.72 Å². The third-order valence-corrected chi connectivity index (χ3v) is 5.26. The van der Waals surface area contributed by atoms with Crippen molar-refractivity contribution >= 4 is 21.6 Å². The van der Waals surface area contributed by atoms with E-state index in [-0.39, 0.29) is 17.4 Å². The van der Waals surface area contributed by atoms with Crippen LogP contribution in [0.25, 0.3) is 0 Å². The summed E-state index contributed by atoms with van der Waals surface area (Å²) in [6.07, 6.45) is 0.884. The number of nitrogens with one attached hydrogen (secondary N) is 2. The van der Waals surface area contributed by atoms with Crippen molar-refractivity contribution in [3.8, 4) is 5.75 Å². The Hall–Kier alpha value is -2.38. The highest BCUT2D eigenvalue weighted by atomic mass is 32.2. The number of sulfonamides is 1. The van der Waals surface area contributed by atoms with Gasteiger partial charge in [0.1, 0.15) is 5.75 Å². The van der Waals surface area contributed by atoms with Crippen molar-refractivity contribution in [1.29, 1.82) is 0 Å². The van der Waals surface area contributed by atoms with Crippen LogP contribution in [0.1, 0.15) is 18.1 Å². The van der Waals surface area contributed by atoms with E-state index < -0.39 is 10.0 Å². The number of carbonyl (C=O) groups excluding carboxylic acids is 1. The van der Waals surface area contributed by atoms with Crippen LogP contribution in [-0.4, -0.2) is 28.0 Å². The lowest BCUT2D eigenvalue weighted by Gasteiger charge is -2.11. The highest BCUT2D eigenvalue weighted by Gasteiger charge is 2.15. The van der Waals surface area contributed by atoms with Gasteiger partial charge in [-0.25, -0.2) is 13.1 Å². The summed E-state index contributed by atoms with van der Waals surface area (Å²) in [6, 6.07) is 12.3. The number of hydrogen-bond acceptors (Lipinski definition) is 4. The molecule has 134 valence electrons. The molecule has 1 amide bonds. The van der Waals surface area contributed by atoms with Gasteiger partial charge in [0.05, 0.1) is 4.90 Å². The lowest BCUT2D eigenvalue weighted by atomic mass is 10.2. The molecule has 0 radical (unpaired) electrons. The SMILES string of the molecule is CCc1cccc(OCC(=O)Nc2ccc(C)c(S(=O)(=O)NC)c2)c1. The first-order valence-electron chi connectivity index (χ1n) is 7.91. The van der Waals surface area contributed by atoms with Gasteiger partial charge in [0, 0.05) is 5.69 Å². The van der Waals surface area contributed by atoms with Gasteiger partial charge < -0.3 is 10.1 Å². The van der Waals surface area contributed by atoms with Gasteiger partial charge in [0.25, 0.3) is 5.91 Å². The Balaban J connectivity index is 2.04. The number of benzene rings is 2. The lowest BCUT2D eigenvalue weighted by Crippen LogP contribution is -2.22. The predicted octanol–water partition coefficient (Wildman–Crippen LogP) is 2.48. The first-order valence-corrected chi connectivity index (χ1v) is 9.40. The second-order valence-electron chi connectivity index (χ2n) is 5.53. The molecule has 7 heteroatoms. The van der Waals surface area contributed by atoms with E-state index in [0.29, 0.717) is 17.0 Å². The molecule has 2 rings (SSSR count). The van der Waals surface area contributed by atoms with Crippen LogP contribution in [0, 0.1) is 6.92 Å². The van der Waals surface area contributed by atoms with Gasteiger partial charge in [-0.05, 0) is 55.8 Å². The van der Waals surface area contributed by atoms with Crippen LogP contribution in [0.15, 0.2) is 47.4 Å². The summed E-state index contributed by atoms with van der Waals surface area (Å²) in [4.78, 5) is 12.2. The second-order valence-corrected chi connectivity index (χ2v) is 7.38. The van der Waals surface area contributed by atoms with Crippen molar-refractivity contribution in [2.24, 2.45) is 0 Å². The zero-order chi connectivity index (χ0) is 18.4. The van der Waals surface area contributed by atoms with Crippen molar-refractivity contribution in [2.75, 3.05) is 19.0 Å². The summed E-state index contributed by atoms with van der Waals surface area (Å²) in [7, 11) is -2.24. The van der Waals surface area contributed by atoms with Gasteiger partial charge >= 0.3 is 0 Å². The Morgan fingerprint density at radius 3 is 2.60 bits per heavy atom. The topological polar surface area (TPSA) is 84.5 Å². The molecule has 0 heterocycles. The minimum atomic E-state index is -3.58. The van der Waals surface area contributed by atoms with Gasteiger partial charge in [0.15, 0.2) is 6.61 Å². The molecule has 2 aromatic carbocycles. The van der Waals surface area contributed by atoms with Crippen molar-refractivity contribution < 1.29 is 17.9 Å². The fourth-order valence-electron chi connectivity index (χ4n) is 2.28. The van der Waals surface area contributed by atoms with Crippen molar-refractivity contribution in [2.45, 2.75) is 25.2 Å². The Labute approximate surface area is 148 Å². The van der Waals surface area contributed by atoms with E-state index in [1.807, 2.05) is 25.1 Å². The fourth-order valence-corrected chi connectivity index (χ4v) is 3.27. The minimum absolute atomic E-state index is 0.129. The highest BCUT2D eigenvalue weighted by molar-refractivity contribution is 7.89. The minimum Gasteiger partial charge on any atom is -0.484 e. The third-order valence-electron chi connectivity index (χ3n) is 3.71. The van der Waals surface area contributed by atoms with E-state index in [1.54, 1.807) is 25.1 Å². The van der Waals surface area contributed by atoms with E-state index in [1.165, 1.54) is 13.1 Å². The maximum atomic E-state index is 12.1. The van der Waals surface area contributed by atoms with Crippen LogP contribution in [0.2, 0.25) is 0 Å². The fraction of sp³-hybridized carbons (Fsp3) is 0.278. The summed E-state index contributed by atoms with van der Waals surface area (Å²) >= 11 is 0. The Bertz CT molecular complexity index is 863. The molecule has 6 nitrogen and oxygen atoms in total. The molecule has 0 spiro atoms. The molecule has 0 unspecified atom stereocenters. The normalized spacial score (nSPS) is 11.2. The van der Waals surface area contributed by atoms with Crippen LogP contribution in [-0.2, 0) is 21.2 Å². The molecule has 0 saturated heterocycles. The maximum absolute atomic E-state index is 12.1. The molecule has 2 N–H and O–H groups in total. The van der Waals surface area contributed by atoms with E-state index in [2.05, 4.69) is 10.0 Å². The zero-order valence-electron chi connectivity index (χ0n) is 14.5. The quantitative estimate of drug-likeness (QED) is 0.792. The number of anilines is 1. The van der Waals surface area contributed by atoms with Crippen molar-refractivity contribution in [3.63, 3.8) is 0 Å². The van der Waals surface area contributed by atoms with Gasteiger partial charge in [-0.2, -0.15) is 0 Å². The summed E-state index contributed by atoms with van der Waals surface area (Å²) in [6.45, 7) is 3.58. The van der Waals surface area contributed by atoms with Crippen molar-refractivity contribution in [3.05, 3.63) is 53.6 Å². The number of rotatable bonds is 7. The number of amides is 1. The van der Waals surface area contributed by atoms with Crippen LogP contribution in [0.5, 0.6) is 5.75 Å². The number of aryl methyl sites for hydroxylation is 2. The number of hydrogen-bond donors (Lipinski definition) is 2. The average molecular weight is 362 g/mol. The van der Waals surface area contributed by atoms with Crippen LogP contribution in [0.3, 0.4) is 0 Å². The third kappa shape index (κ3) is 5.04. The molecule has 0 aromatic heterocycles. The average Bonchev–Trinajstić information content (AvgIpc) is 2.61. The molecular weight excluding hydrogens is 340 g/mol. The Kier molecular flexibility index (Phi) is 6.17. The van der Waals surface area contributed by atoms with Gasteiger partial charge in [0.2, 0.25) is 10.0 Å². The van der Waals surface area contributed by atoms with Gasteiger partial charge in [-0.15, -0.1) is 0 Å². The molecule has 25 heavy (non-hydrogen) atoms. The van der Waals surface area contributed by atoms with E-state index >= 15 is 0 Å². The molecule has 0 fully saturated rings. The molecule has 0 aliphatic heterocycles. The first-order chi connectivity index (χ1) is 11.9. The molecule has 0 atom stereocenters.